The first kappa shape index (κ1) is 23.6. The van der Waals surface area contributed by atoms with Crippen LogP contribution in [0.25, 0.3) is 0 Å². The summed E-state index contributed by atoms with van der Waals surface area (Å²) >= 11 is 0. The van der Waals surface area contributed by atoms with Crippen molar-refractivity contribution in [1.29, 1.82) is 0 Å². The number of ether oxygens (including phenoxy) is 3. The fraction of sp³-hybridized carbons (Fsp3) is 0.364. The fourth-order valence-corrected chi connectivity index (χ4v) is 4.36. The van der Waals surface area contributed by atoms with E-state index in [9.17, 15) is 18.0 Å². The van der Waals surface area contributed by atoms with Gasteiger partial charge in [-0.1, -0.05) is 12.1 Å². The first-order valence-electron chi connectivity index (χ1n) is 10.0. The van der Waals surface area contributed by atoms with E-state index in [0.29, 0.717) is 17.9 Å². The standard InChI is InChI=1S/C22H26N2O7S/c1-29-19-12-17(22(26)31-3)18(13-20(19)30-2)23-21(25)11-6-14-4-9-16(10-5-14)32(27,28)24-15-7-8-15/h4-5,9-10,12-13,15,24H,6-8,11H2,1-3H3,(H,23,25). The summed E-state index contributed by atoms with van der Waals surface area (Å²) in [5, 5.41) is 2.70. The molecule has 1 saturated carbocycles. The van der Waals surface area contributed by atoms with Crippen LogP contribution in [0.1, 0.15) is 35.2 Å². The zero-order valence-electron chi connectivity index (χ0n) is 18.1. The van der Waals surface area contributed by atoms with Gasteiger partial charge in [-0.2, -0.15) is 0 Å². The van der Waals surface area contributed by atoms with Crippen LogP contribution in [-0.2, 0) is 26.0 Å². The number of amides is 1. The molecule has 0 unspecified atom stereocenters. The Bertz CT molecular complexity index is 1090. The van der Waals surface area contributed by atoms with E-state index in [0.717, 1.165) is 18.4 Å². The normalized spacial score (nSPS) is 13.3. The molecule has 0 atom stereocenters. The number of hydrogen-bond donors (Lipinski definition) is 2. The number of benzene rings is 2. The van der Waals surface area contributed by atoms with Crippen LogP contribution >= 0.6 is 0 Å². The Morgan fingerprint density at radius 1 is 1.00 bits per heavy atom. The SMILES string of the molecule is COC(=O)c1cc(OC)c(OC)cc1NC(=O)CCc1ccc(S(=O)(=O)NC2CC2)cc1. The molecule has 0 aliphatic heterocycles. The molecule has 0 aromatic heterocycles. The highest BCUT2D eigenvalue weighted by Crippen LogP contribution is 2.34. The first-order valence-corrected chi connectivity index (χ1v) is 11.5. The van der Waals surface area contributed by atoms with Crippen molar-refractivity contribution in [3.8, 4) is 11.5 Å². The molecule has 9 nitrogen and oxygen atoms in total. The maximum atomic E-state index is 12.5. The quantitative estimate of drug-likeness (QED) is 0.521. The van der Waals surface area contributed by atoms with Gasteiger partial charge in [0.05, 0.1) is 37.5 Å². The highest BCUT2D eigenvalue weighted by atomic mass is 32.2. The van der Waals surface area contributed by atoms with Crippen LogP contribution in [0.4, 0.5) is 5.69 Å². The summed E-state index contributed by atoms with van der Waals surface area (Å²) in [6.07, 6.45) is 2.25. The van der Waals surface area contributed by atoms with Gasteiger partial charge in [0.1, 0.15) is 0 Å². The van der Waals surface area contributed by atoms with Crippen molar-refractivity contribution in [2.45, 2.75) is 36.6 Å². The summed E-state index contributed by atoms with van der Waals surface area (Å²) in [5.74, 6) is -0.267. The van der Waals surface area contributed by atoms with E-state index in [4.69, 9.17) is 14.2 Å². The van der Waals surface area contributed by atoms with Crippen LogP contribution in [0.5, 0.6) is 11.5 Å². The van der Waals surface area contributed by atoms with E-state index < -0.39 is 16.0 Å². The molecule has 32 heavy (non-hydrogen) atoms. The molecular weight excluding hydrogens is 436 g/mol. The smallest absolute Gasteiger partial charge is 0.340 e. The average Bonchev–Trinajstić information content (AvgIpc) is 3.60. The molecule has 2 aromatic carbocycles. The number of esters is 1. The predicted molar refractivity (Wildman–Crippen MR) is 118 cm³/mol. The van der Waals surface area contributed by atoms with Crippen molar-refractivity contribution in [2.75, 3.05) is 26.6 Å². The number of hydrogen-bond acceptors (Lipinski definition) is 7. The van der Waals surface area contributed by atoms with Crippen molar-refractivity contribution >= 4 is 27.6 Å². The second-order valence-electron chi connectivity index (χ2n) is 7.33. The summed E-state index contributed by atoms with van der Waals surface area (Å²) in [5.41, 5.74) is 1.19. The molecule has 0 heterocycles. The number of methoxy groups -OCH3 is 3. The second-order valence-corrected chi connectivity index (χ2v) is 9.05. The summed E-state index contributed by atoms with van der Waals surface area (Å²) < 4.78 is 42.3. The van der Waals surface area contributed by atoms with Crippen molar-refractivity contribution in [2.24, 2.45) is 0 Å². The maximum Gasteiger partial charge on any atom is 0.340 e. The minimum absolute atomic E-state index is 0.0369. The van der Waals surface area contributed by atoms with E-state index in [1.807, 2.05) is 0 Å². The average molecular weight is 463 g/mol. The highest BCUT2D eigenvalue weighted by Gasteiger charge is 2.27. The van der Waals surface area contributed by atoms with Crippen LogP contribution in [0, 0.1) is 0 Å². The Hall–Kier alpha value is -3.11. The number of carbonyl (C=O) groups excluding carboxylic acids is 2. The molecule has 10 heteroatoms. The third-order valence-corrected chi connectivity index (χ3v) is 6.51. The Balaban J connectivity index is 1.66. The molecule has 0 bridgehead atoms. The highest BCUT2D eigenvalue weighted by molar-refractivity contribution is 7.89. The number of nitrogens with one attached hydrogen (secondary N) is 2. The van der Waals surface area contributed by atoms with Gasteiger partial charge in [-0.25, -0.2) is 17.9 Å². The molecule has 1 aliphatic rings. The van der Waals surface area contributed by atoms with Gasteiger partial charge in [0.25, 0.3) is 0 Å². The molecule has 0 radical (unpaired) electrons. The van der Waals surface area contributed by atoms with E-state index in [1.54, 1.807) is 12.1 Å². The van der Waals surface area contributed by atoms with Crippen LogP contribution < -0.4 is 19.5 Å². The Labute approximate surface area is 187 Å². The molecule has 1 aliphatic carbocycles. The summed E-state index contributed by atoms with van der Waals surface area (Å²) in [4.78, 5) is 24.8. The fourth-order valence-electron chi connectivity index (χ4n) is 3.06. The van der Waals surface area contributed by atoms with E-state index in [2.05, 4.69) is 10.0 Å². The van der Waals surface area contributed by atoms with Gasteiger partial charge in [-0.05, 0) is 37.0 Å². The lowest BCUT2D eigenvalue weighted by Crippen LogP contribution is -2.25. The van der Waals surface area contributed by atoms with Crippen molar-refractivity contribution < 1.29 is 32.2 Å². The summed E-state index contributed by atoms with van der Waals surface area (Å²) in [7, 11) is 0.626. The monoisotopic (exact) mass is 462 g/mol. The van der Waals surface area contributed by atoms with Gasteiger partial charge in [0, 0.05) is 24.6 Å². The van der Waals surface area contributed by atoms with Gasteiger partial charge in [0.15, 0.2) is 11.5 Å². The minimum Gasteiger partial charge on any atom is -0.493 e. The third-order valence-electron chi connectivity index (χ3n) is 4.98. The largest absolute Gasteiger partial charge is 0.493 e. The van der Waals surface area contributed by atoms with Crippen LogP contribution in [0.2, 0.25) is 0 Å². The number of rotatable bonds is 10. The molecule has 0 saturated heterocycles. The number of sulfonamides is 1. The molecule has 2 aromatic rings. The lowest BCUT2D eigenvalue weighted by atomic mass is 10.1. The van der Waals surface area contributed by atoms with Crippen LogP contribution in [-0.4, -0.2) is 47.7 Å². The van der Waals surface area contributed by atoms with Gasteiger partial charge >= 0.3 is 5.97 Å². The Kier molecular flexibility index (Phi) is 7.37. The molecule has 1 amide bonds. The lowest BCUT2D eigenvalue weighted by Gasteiger charge is -2.14. The topological polar surface area (TPSA) is 120 Å². The van der Waals surface area contributed by atoms with Crippen molar-refractivity contribution in [3.05, 3.63) is 47.5 Å². The lowest BCUT2D eigenvalue weighted by molar-refractivity contribution is -0.116. The van der Waals surface area contributed by atoms with E-state index in [-0.39, 0.29) is 34.5 Å². The maximum absolute atomic E-state index is 12.5. The summed E-state index contributed by atoms with van der Waals surface area (Å²) in [6.45, 7) is 0. The van der Waals surface area contributed by atoms with Crippen molar-refractivity contribution in [3.63, 3.8) is 0 Å². The number of anilines is 1. The second kappa shape index (κ2) is 10.0. The van der Waals surface area contributed by atoms with Crippen molar-refractivity contribution in [1.82, 2.24) is 4.72 Å². The minimum atomic E-state index is -3.51. The van der Waals surface area contributed by atoms with Crippen LogP contribution in [0.3, 0.4) is 0 Å². The third kappa shape index (κ3) is 5.77. The van der Waals surface area contributed by atoms with Gasteiger partial charge in [0.2, 0.25) is 15.9 Å². The van der Waals surface area contributed by atoms with E-state index >= 15 is 0 Å². The molecule has 0 spiro atoms. The van der Waals surface area contributed by atoms with E-state index in [1.165, 1.54) is 45.6 Å². The van der Waals surface area contributed by atoms with Gasteiger partial charge in [-0.3, -0.25) is 4.79 Å². The molecule has 3 rings (SSSR count). The molecule has 2 N–H and O–H groups in total. The van der Waals surface area contributed by atoms with Gasteiger partial charge < -0.3 is 19.5 Å². The zero-order valence-corrected chi connectivity index (χ0v) is 19.0. The number of carbonyl (C=O) groups is 2. The predicted octanol–water partition coefficient (Wildman–Crippen LogP) is 2.50. The number of aryl methyl sites for hydroxylation is 1. The van der Waals surface area contributed by atoms with Gasteiger partial charge in [-0.15, -0.1) is 0 Å². The molecule has 1 fully saturated rings. The molecule has 172 valence electrons. The molecular formula is C22H26N2O7S. The zero-order chi connectivity index (χ0) is 23.3. The van der Waals surface area contributed by atoms with Crippen LogP contribution in [0.15, 0.2) is 41.3 Å². The Morgan fingerprint density at radius 3 is 2.19 bits per heavy atom. The summed E-state index contributed by atoms with van der Waals surface area (Å²) in [6, 6.07) is 9.40. The Morgan fingerprint density at radius 2 is 1.62 bits per heavy atom. The first-order chi connectivity index (χ1) is 15.3.